The molecule has 0 aliphatic carbocycles. The highest BCUT2D eigenvalue weighted by atomic mass is 35.5. The van der Waals surface area contributed by atoms with Crippen molar-refractivity contribution in [2.45, 2.75) is 0 Å². The Labute approximate surface area is 164 Å². The fraction of sp³-hybridized carbons (Fsp3) is 0. The number of nitro groups is 1. The van der Waals surface area contributed by atoms with E-state index in [1.165, 1.54) is 23.9 Å². The molecule has 2 aromatic rings. The zero-order valence-corrected chi connectivity index (χ0v) is 15.3. The van der Waals surface area contributed by atoms with Gasteiger partial charge in [-0.15, -0.1) is 0 Å². The molecule has 0 amide bonds. The molecule has 134 valence electrons. The molecule has 0 spiro atoms. The fourth-order valence-corrected chi connectivity index (χ4v) is 3.28. The fourth-order valence-electron chi connectivity index (χ4n) is 2.28. The van der Waals surface area contributed by atoms with Crippen molar-refractivity contribution in [2.75, 3.05) is 0 Å². The molecule has 0 radical (unpaired) electrons. The molecule has 1 aliphatic heterocycles. The van der Waals surface area contributed by atoms with E-state index in [-0.39, 0.29) is 17.1 Å². The first-order valence-corrected chi connectivity index (χ1v) is 8.87. The molecular formula is C18H12ClN5O2S. The van der Waals surface area contributed by atoms with Gasteiger partial charge in [0.05, 0.1) is 21.3 Å². The summed E-state index contributed by atoms with van der Waals surface area (Å²) in [6.07, 6.45) is 0. The zero-order valence-electron chi connectivity index (χ0n) is 13.7. The molecule has 0 atom stereocenters. The number of rotatable bonds is 4. The summed E-state index contributed by atoms with van der Waals surface area (Å²) in [7, 11) is 0. The standard InChI is InChI=1S/C18H12ClN5O2S/c19-12-4-6-13(7-5-12)22-17(21)15(9-20)18-23-16(10-27-18)11-2-1-3-14(8-11)24(25)26/h1-8,10,23H,(H2,21,22)/b18-15+. The van der Waals surface area contributed by atoms with E-state index in [2.05, 4.69) is 10.3 Å². The van der Waals surface area contributed by atoms with Crippen molar-refractivity contribution in [2.24, 2.45) is 10.7 Å². The summed E-state index contributed by atoms with van der Waals surface area (Å²) in [5.41, 5.74) is 8.02. The second kappa shape index (κ2) is 7.95. The SMILES string of the molecule is N#C/C(C(N)=Nc1ccc(Cl)cc1)=C1/NC(c2cccc([N+](=O)[O-])c2)=CS1. The first kappa shape index (κ1) is 18.5. The lowest BCUT2D eigenvalue weighted by Crippen LogP contribution is -2.18. The summed E-state index contributed by atoms with van der Waals surface area (Å²) >= 11 is 7.11. The molecule has 27 heavy (non-hydrogen) atoms. The molecule has 0 aromatic heterocycles. The van der Waals surface area contributed by atoms with Crippen LogP contribution in [0.1, 0.15) is 5.56 Å². The van der Waals surface area contributed by atoms with Crippen LogP contribution in [0, 0.1) is 21.4 Å². The maximum absolute atomic E-state index is 10.9. The second-order valence-corrected chi connectivity index (χ2v) is 6.69. The minimum Gasteiger partial charge on any atom is -0.382 e. The minimum atomic E-state index is -0.458. The van der Waals surface area contributed by atoms with Crippen LogP contribution in [-0.4, -0.2) is 10.8 Å². The van der Waals surface area contributed by atoms with Gasteiger partial charge in [-0.1, -0.05) is 35.5 Å². The van der Waals surface area contributed by atoms with Crippen molar-refractivity contribution in [3.05, 3.63) is 85.2 Å². The number of nitrogens with one attached hydrogen (secondary N) is 1. The van der Waals surface area contributed by atoms with Gasteiger partial charge < -0.3 is 11.1 Å². The van der Waals surface area contributed by atoms with E-state index in [1.807, 2.05) is 6.07 Å². The van der Waals surface area contributed by atoms with Crippen LogP contribution >= 0.6 is 23.4 Å². The topological polar surface area (TPSA) is 117 Å². The van der Waals surface area contributed by atoms with Crippen LogP contribution in [-0.2, 0) is 0 Å². The highest BCUT2D eigenvalue weighted by Crippen LogP contribution is 2.33. The van der Waals surface area contributed by atoms with Gasteiger partial charge in [-0.25, -0.2) is 4.99 Å². The van der Waals surface area contributed by atoms with Gasteiger partial charge in [0.25, 0.3) is 5.69 Å². The third-order valence-corrected chi connectivity index (χ3v) is 4.73. The van der Waals surface area contributed by atoms with E-state index in [1.54, 1.807) is 41.8 Å². The van der Waals surface area contributed by atoms with Gasteiger partial charge in [-0.3, -0.25) is 10.1 Å². The Morgan fingerprint density at radius 2 is 2.04 bits per heavy atom. The average molecular weight is 398 g/mol. The lowest BCUT2D eigenvalue weighted by Gasteiger charge is -2.07. The molecule has 1 aliphatic rings. The molecule has 0 saturated heterocycles. The maximum atomic E-state index is 10.9. The Morgan fingerprint density at radius 1 is 1.30 bits per heavy atom. The summed E-state index contributed by atoms with van der Waals surface area (Å²) in [6.45, 7) is 0. The van der Waals surface area contributed by atoms with E-state index in [0.717, 1.165) is 0 Å². The van der Waals surface area contributed by atoms with Crippen molar-refractivity contribution in [3.8, 4) is 6.07 Å². The number of thioether (sulfide) groups is 1. The number of amidine groups is 1. The van der Waals surface area contributed by atoms with Gasteiger partial charge in [-0.2, -0.15) is 5.26 Å². The molecule has 3 rings (SSSR count). The largest absolute Gasteiger partial charge is 0.382 e. The third kappa shape index (κ3) is 4.28. The molecule has 3 N–H and O–H groups in total. The lowest BCUT2D eigenvalue weighted by atomic mass is 10.1. The van der Waals surface area contributed by atoms with Crippen LogP contribution in [0.3, 0.4) is 0 Å². The van der Waals surface area contributed by atoms with Gasteiger partial charge in [-0.05, 0) is 24.3 Å². The summed E-state index contributed by atoms with van der Waals surface area (Å²) in [6, 6.07) is 15.0. The predicted molar refractivity (Wildman–Crippen MR) is 107 cm³/mol. The number of halogens is 1. The first-order chi connectivity index (χ1) is 13.0. The van der Waals surface area contributed by atoms with Crippen LogP contribution in [0.15, 0.2) is 69.5 Å². The summed E-state index contributed by atoms with van der Waals surface area (Å²) in [4.78, 5) is 14.7. The highest BCUT2D eigenvalue weighted by molar-refractivity contribution is 8.06. The predicted octanol–water partition coefficient (Wildman–Crippen LogP) is 4.31. The van der Waals surface area contributed by atoms with Gasteiger partial charge in [0.1, 0.15) is 17.5 Å². The summed E-state index contributed by atoms with van der Waals surface area (Å²) in [5, 5.41) is 26.4. The number of nitriles is 1. The van der Waals surface area contributed by atoms with E-state index in [4.69, 9.17) is 17.3 Å². The van der Waals surface area contributed by atoms with Crippen LogP contribution < -0.4 is 11.1 Å². The molecule has 0 saturated carbocycles. The Balaban J connectivity index is 1.86. The van der Waals surface area contributed by atoms with Crippen molar-refractivity contribution in [3.63, 3.8) is 0 Å². The van der Waals surface area contributed by atoms with Gasteiger partial charge in [0.2, 0.25) is 0 Å². The monoisotopic (exact) mass is 397 g/mol. The average Bonchev–Trinajstić information content (AvgIpc) is 3.14. The molecular weight excluding hydrogens is 386 g/mol. The summed E-state index contributed by atoms with van der Waals surface area (Å²) < 4.78 is 0. The Morgan fingerprint density at radius 3 is 2.70 bits per heavy atom. The molecule has 1 heterocycles. The summed E-state index contributed by atoms with van der Waals surface area (Å²) in [5.74, 6) is 0.0588. The number of benzene rings is 2. The van der Waals surface area contributed by atoms with Gasteiger partial charge in [0.15, 0.2) is 0 Å². The van der Waals surface area contributed by atoms with Gasteiger partial charge in [0, 0.05) is 28.1 Å². The number of non-ortho nitro benzene ring substituents is 1. The maximum Gasteiger partial charge on any atom is 0.270 e. The van der Waals surface area contributed by atoms with Crippen molar-refractivity contribution < 1.29 is 4.92 Å². The minimum absolute atomic E-state index is 0.0121. The molecule has 9 heteroatoms. The molecule has 2 aromatic carbocycles. The zero-order chi connectivity index (χ0) is 19.4. The Kier molecular flexibility index (Phi) is 5.45. The quantitative estimate of drug-likeness (QED) is 0.261. The van der Waals surface area contributed by atoms with Crippen LogP contribution in [0.25, 0.3) is 5.70 Å². The number of nitro benzene ring substituents is 1. The van der Waals surface area contributed by atoms with Crippen LogP contribution in [0.2, 0.25) is 5.02 Å². The van der Waals surface area contributed by atoms with Crippen molar-refractivity contribution in [1.29, 1.82) is 5.26 Å². The van der Waals surface area contributed by atoms with E-state index < -0.39 is 4.92 Å². The number of aliphatic imine (C=N–C) groups is 1. The highest BCUT2D eigenvalue weighted by Gasteiger charge is 2.19. The van der Waals surface area contributed by atoms with Gasteiger partial charge >= 0.3 is 0 Å². The molecule has 0 bridgehead atoms. The van der Waals surface area contributed by atoms with Crippen LogP contribution in [0.5, 0.6) is 0 Å². The number of hydrogen-bond acceptors (Lipinski definition) is 6. The Hall–Kier alpha value is -3.28. The van der Waals surface area contributed by atoms with Crippen molar-refractivity contribution >= 4 is 46.3 Å². The first-order valence-electron chi connectivity index (χ1n) is 7.61. The lowest BCUT2D eigenvalue weighted by molar-refractivity contribution is -0.384. The normalized spacial score (nSPS) is 15.6. The number of nitrogens with zero attached hydrogens (tertiary/aromatic N) is 3. The van der Waals surface area contributed by atoms with Crippen molar-refractivity contribution in [1.82, 2.24) is 5.32 Å². The van der Waals surface area contributed by atoms with E-state index >= 15 is 0 Å². The third-order valence-electron chi connectivity index (χ3n) is 3.58. The molecule has 0 unspecified atom stereocenters. The smallest absolute Gasteiger partial charge is 0.270 e. The van der Waals surface area contributed by atoms with E-state index in [0.29, 0.717) is 27.0 Å². The number of hydrogen-bond donors (Lipinski definition) is 2. The Bertz CT molecular complexity index is 1040. The molecule has 0 fully saturated rings. The molecule has 7 nitrogen and oxygen atoms in total. The van der Waals surface area contributed by atoms with E-state index in [9.17, 15) is 15.4 Å². The second-order valence-electron chi connectivity index (χ2n) is 5.37. The number of nitrogens with two attached hydrogens (primary N) is 1. The van der Waals surface area contributed by atoms with Crippen LogP contribution in [0.4, 0.5) is 11.4 Å².